The number of carbonyl (C=O) groups is 5. The third kappa shape index (κ3) is 10.9. The van der Waals surface area contributed by atoms with Crippen LogP contribution < -0.4 is 26.6 Å². The normalized spacial score (nSPS) is 15.5. The highest BCUT2D eigenvalue weighted by Gasteiger charge is 2.30. The molecule has 2 aromatic carbocycles. The number of aryl methyl sites for hydroxylation is 1. The highest BCUT2D eigenvalue weighted by molar-refractivity contribution is 6.00. The highest BCUT2D eigenvalue weighted by Crippen LogP contribution is 2.17. The van der Waals surface area contributed by atoms with E-state index in [-0.39, 0.29) is 55.1 Å². The lowest BCUT2D eigenvalue weighted by Crippen LogP contribution is -2.51. The molecule has 0 unspecified atom stereocenters. The molecule has 0 aliphatic carbocycles. The molecule has 0 saturated carbocycles. The average molecular weight is 623 g/mol. The van der Waals surface area contributed by atoms with E-state index in [1.54, 1.807) is 31.3 Å². The fraction of sp³-hybridized carbons (Fsp3) is 0.485. The van der Waals surface area contributed by atoms with Gasteiger partial charge >= 0.3 is 12.0 Å². The molecule has 0 aromatic heterocycles. The Kier molecular flexibility index (Phi) is 13.3. The van der Waals surface area contributed by atoms with Gasteiger partial charge in [-0.2, -0.15) is 0 Å². The first-order chi connectivity index (χ1) is 21.5. The van der Waals surface area contributed by atoms with Gasteiger partial charge in [-0.3, -0.25) is 14.4 Å². The molecule has 12 heteroatoms. The van der Waals surface area contributed by atoms with Crippen LogP contribution in [0.3, 0.4) is 0 Å². The second-order valence-electron chi connectivity index (χ2n) is 11.7. The molecule has 244 valence electrons. The van der Waals surface area contributed by atoms with Crippen molar-refractivity contribution < 1.29 is 28.7 Å². The summed E-state index contributed by atoms with van der Waals surface area (Å²) < 4.78 is 4.85. The zero-order valence-electron chi connectivity index (χ0n) is 26.8. The van der Waals surface area contributed by atoms with Crippen LogP contribution in [0.25, 0.3) is 0 Å². The number of hydrogen-bond acceptors (Lipinski definition) is 7. The van der Waals surface area contributed by atoms with E-state index in [4.69, 9.17) is 4.74 Å². The Labute approximate surface area is 265 Å². The van der Waals surface area contributed by atoms with Gasteiger partial charge in [0, 0.05) is 25.0 Å². The summed E-state index contributed by atoms with van der Waals surface area (Å²) in [5.41, 5.74) is 2.96. The maximum absolute atomic E-state index is 13.3. The van der Waals surface area contributed by atoms with E-state index < -0.39 is 18.1 Å². The fourth-order valence-corrected chi connectivity index (χ4v) is 5.09. The number of carbonyl (C=O) groups excluding carboxylic acids is 5. The van der Waals surface area contributed by atoms with E-state index in [0.29, 0.717) is 24.2 Å². The van der Waals surface area contributed by atoms with Crippen molar-refractivity contribution in [2.45, 2.75) is 71.0 Å². The molecule has 5 N–H and O–H groups in total. The lowest BCUT2D eigenvalue weighted by Gasteiger charge is -2.29. The third-order valence-electron chi connectivity index (χ3n) is 7.73. The van der Waals surface area contributed by atoms with E-state index in [2.05, 4.69) is 26.6 Å². The van der Waals surface area contributed by atoms with Crippen LogP contribution in [0.4, 0.5) is 16.2 Å². The molecule has 0 spiro atoms. The molecule has 2 aromatic rings. The number of ether oxygens (including phenoxy) is 1. The summed E-state index contributed by atoms with van der Waals surface area (Å²) in [5.74, 6) is -1.31. The molecule has 1 heterocycles. The van der Waals surface area contributed by atoms with Crippen molar-refractivity contribution in [1.29, 1.82) is 0 Å². The summed E-state index contributed by atoms with van der Waals surface area (Å²) in [4.78, 5) is 65.2. The molecule has 1 aliphatic heterocycles. The third-order valence-corrected chi connectivity index (χ3v) is 7.73. The van der Waals surface area contributed by atoms with Gasteiger partial charge in [-0.05, 0) is 74.4 Å². The van der Waals surface area contributed by atoms with Gasteiger partial charge in [0.25, 0.3) is 0 Å². The smallest absolute Gasteiger partial charge is 0.328 e. The summed E-state index contributed by atoms with van der Waals surface area (Å²) >= 11 is 0. The number of anilines is 2. The predicted molar refractivity (Wildman–Crippen MR) is 173 cm³/mol. The van der Waals surface area contributed by atoms with E-state index in [0.717, 1.165) is 24.1 Å². The van der Waals surface area contributed by atoms with Gasteiger partial charge in [-0.25, -0.2) is 9.59 Å². The summed E-state index contributed by atoms with van der Waals surface area (Å²) in [5, 5.41) is 14.2. The number of likely N-dealkylation sites (N-methyl/N-ethyl adjacent to an activating group) is 1. The van der Waals surface area contributed by atoms with Gasteiger partial charge in [0.1, 0.15) is 12.1 Å². The Morgan fingerprint density at radius 3 is 2.36 bits per heavy atom. The quantitative estimate of drug-likeness (QED) is 0.203. The molecule has 1 fully saturated rings. The average Bonchev–Trinajstić information content (AvgIpc) is 3.56. The summed E-state index contributed by atoms with van der Waals surface area (Å²) in [6.07, 6.45) is 2.24. The zero-order valence-corrected chi connectivity index (χ0v) is 26.8. The molecule has 0 bridgehead atoms. The van der Waals surface area contributed by atoms with E-state index in [9.17, 15) is 24.0 Å². The maximum Gasteiger partial charge on any atom is 0.328 e. The Bertz CT molecular complexity index is 1330. The minimum Gasteiger partial charge on any atom is -0.467 e. The largest absolute Gasteiger partial charge is 0.467 e. The number of para-hydroxylation sites is 1. The zero-order chi connectivity index (χ0) is 32.9. The number of benzene rings is 2. The molecule has 3 rings (SSSR count). The number of nitrogens with one attached hydrogen (secondary N) is 5. The van der Waals surface area contributed by atoms with Gasteiger partial charge in [0.05, 0.1) is 19.6 Å². The number of methoxy groups -OCH3 is 1. The lowest BCUT2D eigenvalue weighted by molar-refractivity contribution is -0.145. The highest BCUT2D eigenvalue weighted by atomic mass is 16.5. The molecule has 3 atom stereocenters. The lowest BCUT2D eigenvalue weighted by atomic mass is 10.0. The number of nitrogens with zero attached hydrogens (tertiary/aromatic N) is 1. The Morgan fingerprint density at radius 1 is 1.02 bits per heavy atom. The predicted octanol–water partition coefficient (Wildman–Crippen LogP) is 2.97. The van der Waals surface area contributed by atoms with Gasteiger partial charge in [-0.1, -0.05) is 44.2 Å². The van der Waals surface area contributed by atoms with Crippen molar-refractivity contribution in [2.75, 3.05) is 37.9 Å². The molecule has 5 amide bonds. The Hall–Kier alpha value is -4.45. The number of urea groups is 1. The van der Waals surface area contributed by atoms with Gasteiger partial charge in [-0.15, -0.1) is 0 Å². The van der Waals surface area contributed by atoms with Crippen molar-refractivity contribution in [1.82, 2.24) is 20.9 Å². The molecule has 1 aliphatic rings. The van der Waals surface area contributed by atoms with Crippen molar-refractivity contribution in [3.63, 3.8) is 0 Å². The summed E-state index contributed by atoms with van der Waals surface area (Å²) in [6, 6.07) is 12.1. The van der Waals surface area contributed by atoms with Crippen LogP contribution in [0, 0.1) is 12.8 Å². The number of esters is 1. The van der Waals surface area contributed by atoms with E-state index in [1.807, 2.05) is 45.0 Å². The number of amides is 5. The second-order valence-corrected chi connectivity index (χ2v) is 11.7. The Balaban J connectivity index is 1.54. The first kappa shape index (κ1) is 35.0. The van der Waals surface area contributed by atoms with Crippen LogP contribution in [-0.4, -0.2) is 80.0 Å². The van der Waals surface area contributed by atoms with Gasteiger partial charge < -0.3 is 36.2 Å². The summed E-state index contributed by atoms with van der Waals surface area (Å²) in [7, 11) is 2.85. The van der Waals surface area contributed by atoms with Crippen LogP contribution in [0.2, 0.25) is 0 Å². The molecular formula is C33H46N6O6. The molecule has 0 radical (unpaired) electrons. The van der Waals surface area contributed by atoms with Crippen LogP contribution in [0.5, 0.6) is 0 Å². The van der Waals surface area contributed by atoms with E-state index >= 15 is 0 Å². The minimum atomic E-state index is -0.904. The van der Waals surface area contributed by atoms with Crippen LogP contribution in [-0.2, 0) is 30.3 Å². The SMILES string of the molecule is COC(=O)[C@H](CCNC(=O)[C@H](CC(C)C)N(C)C(=O)Cc1ccc(NC(=O)Nc2ccccc2C)cc1)NC(=O)[C@@H]1CCCN1. The number of hydrogen-bond donors (Lipinski definition) is 5. The van der Waals surface area contributed by atoms with Crippen molar-refractivity contribution >= 4 is 41.1 Å². The molecular weight excluding hydrogens is 576 g/mol. The molecule has 1 saturated heterocycles. The van der Waals surface area contributed by atoms with Gasteiger partial charge in [0.2, 0.25) is 17.7 Å². The second kappa shape index (κ2) is 17.1. The first-order valence-electron chi connectivity index (χ1n) is 15.4. The molecule has 45 heavy (non-hydrogen) atoms. The van der Waals surface area contributed by atoms with Gasteiger partial charge in [0.15, 0.2) is 0 Å². The van der Waals surface area contributed by atoms with E-state index in [1.165, 1.54) is 12.0 Å². The maximum atomic E-state index is 13.3. The topological polar surface area (TPSA) is 158 Å². The minimum absolute atomic E-state index is 0.0692. The van der Waals surface area contributed by atoms with Crippen molar-refractivity contribution in [2.24, 2.45) is 5.92 Å². The van der Waals surface area contributed by atoms with Crippen molar-refractivity contribution in [3.05, 3.63) is 59.7 Å². The summed E-state index contributed by atoms with van der Waals surface area (Å²) in [6.45, 7) is 6.71. The standard InChI is InChI=1S/C33H46N6O6/c1-21(2)19-28(31(42)35-18-16-27(32(43)45-5)37-30(41)26-11-8-17-34-26)39(4)29(40)20-23-12-14-24(15-13-23)36-33(44)38-25-10-7-6-9-22(25)3/h6-7,9-10,12-15,21,26-28,34H,8,11,16-20H2,1-5H3,(H,35,42)(H,37,41)(H2,36,38,44)/t26-,27-,28-/m0/s1. The van der Waals surface area contributed by atoms with Crippen LogP contribution >= 0.6 is 0 Å². The first-order valence-corrected chi connectivity index (χ1v) is 15.4. The Morgan fingerprint density at radius 2 is 1.73 bits per heavy atom. The van der Waals surface area contributed by atoms with Crippen LogP contribution in [0.1, 0.15) is 50.7 Å². The monoisotopic (exact) mass is 622 g/mol. The fourth-order valence-electron chi connectivity index (χ4n) is 5.09. The van der Waals surface area contributed by atoms with Crippen LogP contribution in [0.15, 0.2) is 48.5 Å². The van der Waals surface area contributed by atoms with Crippen molar-refractivity contribution in [3.8, 4) is 0 Å². The molecule has 12 nitrogen and oxygen atoms in total. The number of rotatable bonds is 14.